The lowest BCUT2D eigenvalue weighted by Crippen LogP contribution is -1.98. The number of halogens is 2. The van der Waals surface area contributed by atoms with E-state index in [9.17, 15) is 0 Å². The molecule has 112 valence electrons. The molecule has 1 aromatic carbocycles. The van der Waals surface area contributed by atoms with Gasteiger partial charge in [0.15, 0.2) is 17.3 Å². The molecule has 0 fully saturated rings. The Bertz CT molecular complexity index is 625. The molecule has 0 amide bonds. The van der Waals surface area contributed by atoms with Crippen molar-refractivity contribution in [2.45, 2.75) is 19.8 Å². The van der Waals surface area contributed by atoms with Gasteiger partial charge in [-0.3, -0.25) is 0 Å². The monoisotopic (exact) mass is 326 g/mol. The van der Waals surface area contributed by atoms with Crippen molar-refractivity contribution < 1.29 is 9.47 Å². The molecule has 0 spiro atoms. The molecule has 1 aromatic heterocycles. The van der Waals surface area contributed by atoms with Crippen LogP contribution < -0.4 is 9.47 Å². The molecule has 4 nitrogen and oxygen atoms in total. The second-order valence-corrected chi connectivity index (χ2v) is 5.14. The Morgan fingerprint density at radius 2 is 1.62 bits per heavy atom. The number of methoxy groups -OCH3 is 2. The zero-order valence-corrected chi connectivity index (χ0v) is 13.6. The van der Waals surface area contributed by atoms with E-state index in [4.69, 9.17) is 32.7 Å². The molecular weight excluding hydrogens is 311 g/mol. The van der Waals surface area contributed by atoms with Crippen molar-refractivity contribution in [3.05, 3.63) is 34.1 Å². The first-order valence-corrected chi connectivity index (χ1v) is 7.30. The molecule has 0 unspecified atom stereocenters. The Kier molecular flexibility index (Phi) is 5.26. The normalized spacial score (nSPS) is 10.5. The molecule has 0 bridgehead atoms. The molecule has 2 rings (SSSR count). The average Bonchev–Trinajstić information content (AvgIpc) is 2.50. The van der Waals surface area contributed by atoms with Gasteiger partial charge in [0.2, 0.25) is 0 Å². The predicted molar refractivity (Wildman–Crippen MR) is 84.6 cm³/mol. The van der Waals surface area contributed by atoms with Gasteiger partial charge in [-0.05, 0) is 24.6 Å². The maximum absolute atomic E-state index is 6.20. The van der Waals surface area contributed by atoms with Crippen LogP contribution in [-0.2, 0) is 6.42 Å². The van der Waals surface area contributed by atoms with Crippen LogP contribution in [0.25, 0.3) is 11.4 Å². The van der Waals surface area contributed by atoms with Crippen LogP contribution in [0.1, 0.15) is 18.9 Å². The molecule has 0 saturated carbocycles. The lowest BCUT2D eigenvalue weighted by atomic mass is 10.1. The third-order valence-electron chi connectivity index (χ3n) is 3.05. The minimum atomic E-state index is 0.390. The van der Waals surface area contributed by atoms with E-state index in [0.717, 1.165) is 24.0 Å². The first-order chi connectivity index (χ1) is 10.1. The molecule has 0 saturated heterocycles. The average molecular weight is 327 g/mol. The van der Waals surface area contributed by atoms with Gasteiger partial charge < -0.3 is 9.47 Å². The zero-order valence-electron chi connectivity index (χ0n) is 12.1. The van der Waals surface area contributed by atoms with Crippen LogP contribution >= 0.6 is 23.2 Å². The van der Waals surface area contributed by atoms with Gasteiger partial charge in [-0.15, -0.1) is 0 Å². The minimum Gasteiger partial charge on any atom is -0.493 e. The summed E-state index contributed by atoms with van der Waals surface area (Å²) in [6.45, 7) is 2.05. The van der Waals surface area contributed by atoms with E-state index in [0.29, 0.717) is 27.6 Å². The fourth-order valence-corrected chi connectivity index (χ4v) is 2.57. The maximum Gasteiger partial charge on any atom is 0.162 e. The molecule has 0 atom stereocenters. The first kappa shape index (κ1) is 15.9. The fourth-order valence-electron chi connectivity index (χ4n) is 1.99. The number of hydrogen-bond donors (Lipinski definition) is 0. The number of aromatic nitrogens is 2. The second kappa shape index (κ2) is 6.96. The predicted octanol–water partition coefficient (Wildman–Crippen LogP) is 4.42. The highest BCUT2D eigenvalue weighted by Crippen LogP contribution is 2.33. The Hall–Kier alpha value is -1.52. The lowest BCUT2D eigenvalue weighted by molar-refractivity contribution is 0.355. The smallest absolute Gasteiger partial charge is 0.162 e. The zero-order chi connectivity index (χ0) is 15.4. The molecule has 0 radical (unpaired) electrons. The van der Waals surface area contributed by atoms with Gasteiger partial charge in [-0.25, -0.2) is 9.97 Å². The molecule has 0 aliphatic rings. The van der Waals surface area contributed by atoms with Gasteiger partial charge in [-0.2, -0.15) is 0 Å². The van der Waals surface area contributed by atoms with Crippen molar-refractivity contribution in [2.75, 3.05) is 14.2 Å². The highest BCUT2D eigenvalue weighted by Gasteiger charge is 2.14. The van der Waals surface area contributed by atoms with Crippen molar-refractivity contribution in [1.29, 1.82) is 0 Å². The molecule has 1 heterocycles. The van der Waals surface area contributed by atoms with Gasteiger partial charge in [0, 0.05) is 11.1 Å². The standard InChI is InChI=1S/C15H16Cl2N2O2/c1-4-5-10-13(16)18-15(19-14(10)17)9-6-7-11(20-2)12(8-9)21-3/h6-8H,4-5H2,1-3H3. The summed E-state index contributed by atoms with van der Waals surface area (Å²) < 4.78 is 10.5. The molecule has 2 aromatic rings. The van der Waals surface area contributed by atoms with Crippen molar-refractivity contribution >= 4 is 23.2 Å². The Labute approximate surface area is 134 Å². The van der Waals surface area contributed by atoms with Crippen molar-refractivity contribution in [3.8, 4) is 22.9 Å². The lowest BCUT2D eigenvalue weighted by Gasteiger charge is -2.10. The number of benzene rings is 1. The molecule has 0 N–H and O–H groups in total. The third kappa shape index (κ3) is 3.39. The van der Waals surface area contributed by atoms with E-state index in [1.807, 2.05) is 6.07 Å². The maximum atomic E-state index is 6.20. The Morgan fingerprint density at radius 3 is 2.14 bits per heavy atom. The number of nitrogens with zero attached hydrogens (tertiary/aromatic N) is 2. The molecular formula is C15H16Cl2N2O2. The quantitative estimate of drug-likeness (QED) is 0.763. The number of ether oxygens (including phenoxy) is 2. The number of hydrogen-bond acceptors (Lipinski definition) is 4. The van der Waals surface area contributed by atoms with E-state index in [-0.39, 0.29) is 0 Å². The van der Waals surface area contributed by atoms with Gasteiger partial charge in [-0.1, -0.05) is 36.5 Å². The molecule has 21 heavy (non-hydrogen) atoms. The summed E-state index contributed by atoms with van der Waals surface area (Å²) in [5.41, 5.74) is 1.55. The van der Waals surface area contributed by atoms with E-state index in [2.05, 4.69) is 16.9 Å². The van der Waals surface area contributed by atoms with Crippen LogP contribution in [0.5, 0.6) is 11.5 Å². The van der Waals surface area contributed by atoms with E-state index >= 15 is 0 Å². The van der Waals surface area contributed by atoms with Crippen LogP contribution in [0.3, 0.4) is 0 Å². The minimum absolute atomic E-state index is 0.390. The summed E-state index contributed by atoms with van der Waals surface area (Å²) in [5, 5.41) is 0.781. The largest absolute Gasteiger partial charge is 0.493 e. The summed E-state index contributed by atoms with van der Waals surface area (Å²) in [7, 11) is 3.16. The van der Waals surface area contributed by atoms with Crippen LogP contribution in [0, 0.1) is 0 Å². The third-order valence-corrected chi connectivity index (χ3v) is 3.67. The summed E-state index contributed by atoms with van der Waals surface area (Å²) in [5.74, 6) is 1.70. The van der Waals surface area contributed by atoms with E-state index < -0.39 is 0 Å². The van der Waals surface area contributed by atoms with Gasteiger partial charge in [0.25, 0.3) is 0 Å². The van der Waals surface area contributed by atoms with Crippen molar-refractivity contribution in [1.82, 2.24) is 9.97 Å². The summed E-state index contributed by atoms with van der Waals surface area (Å²) in [4.78, 5) is 8.65. The fraction of sp³-hybridized carbons (Fsp3) is 0.333. The van der Waals surface area contributed by atoms with Gasteiger partial charge in [0.05, 0.1) is 14.2 Å². The van der Waals surface area contributed by atoms with Crippen LogP contribution in [0.2, 0.25) is 10.3 Å². The van der Waals surface area contributed by atoms with E-state index in [1.54, 1.807) is 26.4 Å². The van der Waals surface area contributed by atoms with Gasteiger partial charge >= 0.3 is 0 Å². The summed E-state index contributed by atoms with van der Waals surface area (Å²) in [6.07, 6.45) is 1.68. The van der Waals surface area contributed by atoms with Crippen LogP contribution in [0.4, 0.5) is 0 Å². The highest BCUT2D eigenvalue weighted by molar-refractivity contribution is 6.34. The Morgan fingerprint density at radius 1 is 1.00 bits per heavy atom. The van der Waals surface area contributed by atoms with E-state index in [1.165, 1.54) is 0 Å². The van der Waals surface area contributed by atoms with Crippen molar-refractivity contribution in [3.63, 3.8) is 0 Å². The summed E-state index contributed by atoms with van der Waals surface area (Å²) in [6, 6.07) is 5.42. The molecule has 0 aliphatic carbocycles. The van der Waals surface area contributed by atoms with Crippen LogP contribution in [0.15, 0.2) is 18.2 Å². The molecule has 0 aliphatic heterocycles. The first-order valence-electron chi connectivity index (χ1n) is 6.55. The van der Waals surface area contributed by atoms with Crippen LogP contribution in [-0.4, -0.2) is 24.2 Å². The second-order valence-electron chi connectivity index (χ2n) is 4.43. The topological polar surface area (TPSA) is 44.2 Å². The van der Waals surface area contributed by atoms with Crippen molar-refractivity contribution in [2.24, 2.45) is 0 Å². The SMILES string of the molecule is CCCc1c(Cl)nc(-c2ccc(OC)c(OC)c2)nc1Cl. The van der Waals surface area contributed by atoms with Gasteiger partial charge in [0.1, 0.15) is 10.3 Å². The highest BCUT2D eigenvalue weighted by atomic mass is 35.5. The Balaban J connectivity index is 2.47. The summed E-state index contributed by atoms with van der Waals surface area (Å²) >= 11 is 12.4. The molecule has 6 heteroatoms. The number of rotatable bonds is 5.